The van der Waals surface area contributed by atoms with Gasteiger partial charge in [-0.05, 0) is 24.3 Å². The van der Waals surface area contributed by atoms with E-state index in [-0.39, 0.29) is 30.4 Å². The Morgan fingerprint density at radius 2 is 1.56 bits per heavy atom. The average Bonchev–Trinajstić information content (AvgIpc) is 2.73. The summed E-state index contributed by atoms with van der Waals surface area (Å²) in [7, 11) is -3.96. The van der Waals surface area contributed by atoms with Gasteiger partial charge >= 0.3 is 0 Å². The standard InChI is InChI=1S/C18H19N3O5S/c22-17(19-24)16-13-20(18(23)14-7-3-1-4-8-14)11-12-21(16)27(25,26)15-9-5-2-6-10-15/h1-10,16,24H,11-13H2,(H,19,22). The van der Waals surface area contributed by atoms with Crippen molar-refractivity contribution in [2.75, 3.05) is 19.6 Å². The first kappa shape index (κ1) is 19.0. The SMILES string of the molecule is O=C(NO)C1CN(C(=O)c2ccccc2)CCN1S(=O)(=O)c1ccccc1. The Hall–Kier alpha value is -2.75. The van der Waals surface area contributed by atoms with Crippen molar-refractivity contribution in [3.8, 4) is 0 Å². The van der Waals surface area contributed by atoms with Crippen LogP contribution in [0, 0.1) is 0 Å². The summed E-state index contributed by atoms with van der Waals surface area (Å²) < 4.78 is 26.9. The molecule has 2 N–H and O–H groups in total. The highest BCUT2D eigenvalue weighted by atomic mass is 32.2. The molecule has 0 aromatic heterocycles. The molecule has 1 heterocycles. The van der Waals surface area contributed by atoms with E-state index < -0.39 is 22.0 Å². The van der Waals surface area contributed by atoms with E-state index in [1.54, 1.807) is 48.5 Å². The lowest BCUT2D eigenvalue weighted by molar-refractivity contribution is -0.134. The van der Waals surface area contributed by atoms with Gasteiger partial charge in [-0.2, -0.15) is 4.31 Å². The maximum absolute atomic E-state index is 12.9. The van der Waals surface area contributed by atoms with Gasteiger partial charge in [0.2, 0.25) is 10.0 Å². The van der Waals surface area contributed by atoms with Gasteiger partial charge in [0.25, 0.3) is 11.8 Å². The fraction of sp³-hybridized carbons (Fsp3) is 0.222. The average molecular weight is 389 g/mol. The predicted molar refractivity (Wildman–Crippen MR) is 96.4 cm³/mol. The Kier molecular flexibility index (Phi) is 5.54. The van der Waals surface area contributed by atoms with Crippen molar-refractivity contribution in [2.24, 2.45) is 0 Å². The molecular weight excluding hydrogens is 370 g/mol. The number of hydrogen-bond donors (Lipinski definition) is 2. The summed E-state index contributed by atoms with van der Waals surface area (Å²) in [5, 5.41) is 9.06. The molecule has 1 atom stereocenters. The second-order valence-corrected chi connectivity index (χ2v) is 7.93. The first-order chi connectivity index (χ1) is 12.9. The lowest BCUT2D eigenvalue weighted by atomic mass is 10.1. The van der Waals surface area contributed by atoms with Gasteiger partial charge in [0.05, 0.1) is 4.90 Å². The molecule has 142 valence electrons. The van der Waals surface area contributed by atoms with E-state index >= 15 is 0 Å². The lowest BCUT2D eigenvalue weighted by Gasteiger charge is -2.39. The highest BCUT2D eigenvalue weighted by molar-refractivity contribution is 7.89. The fourth-order valence-electron chi connectivity index (χ4n) is 3.02. The molecular formula is C18H19N3O5S. The highest BCUT2D eigenvalue weighted by Crippen LogP contribution is 2.22. The molecule has 2 aromatic carbocycles. The number of amides is 2. The van der Waals surface area contributed by atoms with Crippen LogP contribution in [0.3, 0.4) is 0 Å². The zero-order chi connectivity index (χ0) is 19.4. The molecule has 1 fully saturated rings. The van der Waals surface area contributed by atoms with Crippen LogP contribution in [0.2, 0.25) is 0 Å². The molecule has 1 unspecified atom stereocenters. The zero-order valence-electron chi connectivity index (χ0n) is 14.4. The van der Waals surface area contributed by atoms with Crippen LogP contribution in [0.4, 0.5) is 0 Å². The van der Waals surface area contributed by atoms with Crippen molar-refractivity contribution >= 4 is 21.8 Å². The number of hydrogen-bond acceptors (Lipinski definition) is 5. The Morgan fingerprint density at radius 1 is 0.963 bits per heavy atom. The van der Waals surface area contributed by atoms with Crippen LogP contribution in [-0.4, -0.2) is 60.3 Å². The van der Waals surface area contributed by atoms with Crippen molar-refractivity contribution < 1.29 is 23.2 Å². The molecule has 2 amide bonds. The minimum absolute atomic E-state index is 0.0450. The molecule has 27 heavy (non-hydrogen) atoms. The third-order valence-electron chi connectivity index (χ3n) is 4.40. The number of hydroxylamine groups is 1. The van der Waals surface area contributed by atoms with Gasteiger partial charge in [-0.3, -0.25) is 14.8 Å². The molecule has 0 radical (unpaired) electrons. The molecule has 3 rings (SSSR count). The number of sulfonamides is 1. The molecule has 0 bridgehead atoms. The number of benzene rings is 2. The smallest absolute Gasteiger partial charge is 0.263 e. The van der Waals surface area contributed by atoms with Crippen LogP contribution in [0.1, 0.15) is 10.4 Å². The molecule has 2 aromatic rings. The molecule has 9 heteroatoms. The third-order valence-corrected chi connectivity index (χ3v) is 6.32. The largest absolute Gasteiger partial charge is 0.335 e. The van der Waals surface area contributed by atoms with Crippen molar-refractivity contribution in [1.82, 2.24) is 14.7 Å². The number of rotatable bonds is 4. The molecule has 0 saturated carbocycles. The van der Waals surface area contributed by atoms with Gasteiger partial charge in [0, 0.05) is 25.2 Å². The Morgan fingerprint density at radius 3 is 2.15 bits per heavy atom. The second kappa shape index (κ2) is 7.87. The lowest BCUT2D eigenvalue weighted by Crippen LogP contribution is -2.61. The minimum atomic E-state index is -3.96. The summed E-state index contributed by atoms with van der Waals surface area (Å²) >= 11 is 0. The van der Waals surface area contributed by atoms with E-state index in [1.807, 2.05) is 0 Å². The maximum atomic E-state index is 12.9. The number of nitrogens with one attached hydrogen (secondary N) is 1. The molecule has 1 aliphatic rings. The third kappa shape index (κ3) is 3.85. The van der Waals surface area contributed by atoms with Crippen LogP contribution < -0.4 is 5.48 Å². The molecule has 8 nitrogen and oxygen atoms in total. The Labute approximate surface area is 157 Å². The van der Waals surface area contributed by atoms with Gasteiger partial charge in [-0.25, -0.2) is 13.9 Å². The van der Waals surface area contributed by atoms with Crippen LogP contribution in [-0.2, 0) is 14.8 Å². The monoisotopic (exact) mass is 389 g/mol. The summed E-state index contributed by atoms with van der Waals surface area (Å²) in [6.45, 7) is -0.0882. The number of nitrogens with zero attached hydrogens (tertiary/aromatic N) is 2. The quantitative estimate of drug-likeness (QED) is 0.592. The van der Waals surface area contributed by atoms with E-state index in [4.69, 9.17) is 5.21 Å². The summed E-state index contributed by atoms with van der Waals surface area (Å²) in [5.41, 5.74) is 1.95. The number of carbonyl (C=O) groups is 2. The van der Waals surface area contributed by atoms with Crippen molar-refractivity contribution in [3.05, 3.63) is 66.2 Å². The van der Waals surface area contributed by atoms with E-state index in [9.17, 15) is 18.0 Å². The number of piperazine rings is 1. The molecule has 0 aliphatic carbocycles. The van der Waals surface area contributed by atoms with Crippen LogP contribution >= 0.6 is 0 Å². The topological polar surface area (TPSA) is 107 Å². The normalized spacial score (nSPS) is 18.1. The molecule has 1 saturated heterocycles. The Balaban J connectivity index is 1.88. The van der Waals surface area contributed by atoms with Crippen LogP contribution in [0.5, 0.6) is 0 Å². The van der Waals surface area contributed by atoms with E-state index in [2.05, 4.69) is 0 Å². The number of carbonyl (C=O) groups excluding carboxylic acids is 2. The second-order valence-electron chi connectivity index (χ2n) is 6.04. The van der Waals surface area contributed by atoms with Crippen molar-refractivity contribution in [2.45, 2.75) is 10.9 Å². The summed E-state index contributed by atoms with van der Waals surface area (Å²) in [4.78, 5) is 26.3. The van der Waals surface area contributed by atoms with Crippen molar-refractivity contribution in [3.63, 3.8) is 0 Å². The van der Waals surface area contributed by atoms with E-state index in [1.165, 1.54) is 22.5 Å². The highest BCUT2D eigenvalue weighted by Gasteiger charge is 2.41. The first-order valence-electron chi connectivity index (χ1n) is 8.30. The zero-order valence-corrected chi connectivity index (χ0v) is 15.2. The minimum Gasteiger partial charge on any atom is -0.335 e. The van der Waals surface area contributed by atoms with E-state index in [0.717, 1.165) is 4.31 Å². The first-order valence-corrected chi connectivity index (χ1v) is 9.74. The van der Waals surface area contributed by atoms with Crippen LogP contribution in [0.15, 0.2) is 65.6 Å². The maximum Gasteiger partial charge on any atom is 0.263 e. The summed E-state index contributed by atoms with van der Waals surface area (Å²) in [6.07, 6.45) is 0. The fourth-order valence-corrected chi connectivity index (χ4v) is 4.61. The van der Waals surface area contributed by atoms with Crippen LogP contribution in [0.25, 0.3) is 0 Å². The molecule has 1 aliphatic heterocycles. The van der Waals surface area contributed by atoms with E-state index in [0.29, 0.717) is 5.56 Å². The Bertz CT molecular complexity index is 919. The van der Waals surface area contributed by atoms with Gasteiger partial charge < -0.3 is 4.90 Å². The van der Waals surface area contributed by atoms with Gasteiger partial charge in [0.1, 0.15) is 6.04 Å². The van der Waals surface area contributed by atoms with Crippen molar-refractivity contribution in [1.29, 1.82) is 0 Å². The van der Waals surface area contributed by atoms with Gasteiger partial charge in [0.15, 0.2) is 0 Å². The van der Waals surface area contributed by atoms with Gasteiger partial charge in [-0.1, -0.05) is 36.4 Å². The summed E-state index contributed by atoms with van der Waals surface area (Å²) in [6, 6.07) is 15.0. The predicted octanol–water partition coefficient (Wildman–Crippen LogP) is 0.707. The summed E-state index contributed by atoms with van der Waals surface area (Å²) in [5.74, 6) is -1.19. The van der Waals surface area contributed by atoms with Gasteiger partial charge in [-0.15, -0.1) is 0 Å². The molecule has 0 spiro atoms.